The highest BCUT2D eigenvalue weighted by molar-refractivity contribution is 8.27. The molecule has 3 nitrogen and oxygen atoms in total. The van der Waals surface area contributed by atoms with Gasteiger partial charge in [0.15, 0.2) is 4.32 Å². The summed E-state index contributed by atoms with van der Waals surface area (Å²) in [5.41, 5.74) is 1.89. The number of thiocarbonyl (C=S) groups is 1. The van der Waals surface area contributed by atoms with Crippen molar-refractivity contribution in [3.05, 3.63) is 58.4 Å². The lowest BCUT2D eigenvalue weighted by Gasteiger charge is -2.14. The minimum absolute atomic E-state index is 0.107. The van der Waals surface area contributed by atoms with Gasteiger partial charge in [-0.05, 0) is 43.7 Å². The Kier molecular flexibility index (Phi) is 3.69. The molecule has 0 atom stereocenters. The maximum atomic E-state index is 12.5. The van der Waals surface area contributed by atoms with E-state index in [-0.39, 0.29) is 5.91 Å². The molecule has 0 aliphatic carbocycles. The van der Waals surface area contributed by atoms with E-state index in [4.69, 9.17) is 16.6 Å². The number of carbonyl (C=O) groups excluding carboxylic acids is 1. The van der Waals surface area contributed by atoms with E-state index in [1.807, 2.05) is 50.2 Å². The Hall–Kier alpha value is -1.85. The average molecular weight is 315 g/mol. The SMILES string of the molecule is Cc1cccc(N2C(=O)/C(=C/c3ccc(C)o3)SC2=S)c1. The lowest BCUT2D eigenvalue weighted by Crippen LogP contribution is -2.27. The Morgan fingerprint density at radius 3 is 2.71 bits per heavy atom. The number of carbonyl (C=O) groups is 1. The molecule has 3 rings (SSSR count). The van der Waals surface area contributed by atoms with Crippen molar-refractivity contribution in [1.82, 2.24) is 0 Å². The summed E-state index contributed by atoms with van der Waals surface area (Å²) in [6, 6.07) is 11.5. The number of rotatable bonds is 2. The summed E-state index contributed by atoms with van der Waals surface area (Å²) < 4.78 is 6.03. The molecule has 0 radical (unpaired) electrons. The van der Waals surface area contributed by atoms with Crippen LogP contribution in [0.4, 0.5) is 5.69 Å². The monoisotopic (exact) mass is 315 g/mol. The standard InChI is InChI=1S/C16H13NO2S2/c1-10-4-3-5-12(8-10)17-15(18)14(21-16(17)20)9-13-7-6-11(2)19-13/h3-9H,1-2H3/b14-9-. The van der Waals surface area contributed by atoms with Crippen LogP contribution in [0.5, 0.6) is 0 Å². The zero-order valence-electron chi connectivity index (χ0n) is 11.6. The van der Waals surface area contributed by atoms with E-state index in [9.17, 15) is 4.79 Å². The van der Waals surface area contributed by atoms with Gasteiger partial charge in [-0.3, -0.25) is 9.69 Å². The molecule has 1 aliphatic heterocycles. The van der Waals surface area contributed by atoms with Gasteiger partial charge in [0.2, 0.25) is 0 Å². The minimum atomic E-state index is -0.107. The number of benzene rings is 1. The van der Waals surface area contributed by atoms with Crippen LogP contribution in [-0.4, -0.2) is 10.2 Å². The Morgan fingerprint density at radius 1 is 1.24 bits per heavy atom. The molecular weight excluding hydrogens is 302 g/mol. The Balaban J connectivity index is 1.94. The van der Waals surface area contributed by atoms with Crippen molar-refractivity contribution in [1.29, 1.82) is 0 Å². The number of aryl methyl sites for hydroxylation is 2. The predicted octanol–water partition coefficient (Wildman–Crippen LogP) is 4.30. The number of amides is 1. The highest BCUT2D eigenvalue weighted by Gasteiger charge is 2.33. The first kappa shape index (κ1) is 14.1. The number of thioether (sulfide) groups is 1. The number of hydrogen-bond acceptors (Lipinski definition) is 4. The van der Waals surface area contributed by atoms with Gasteiger partial charge in [0.05, 0.1) is 10.6 Å². The lowest BCUT2D eigenvalue weighted by molar-refractivity contribution is -0.113. The second kappa shape index (κ2) is 5.50. The molecule has 1 aromatic heterocycles. The van der Waals surface area contributed by atoms with Gasteiger partial charge in [-0.25, -0.2) is 0 Å². The van der Waals surface area contributed by atoms with Crippen LogP contribution >= 0.6 is 24.0 Å². The molecule has 2 heterocycles. The van der Waals surface area contributed by atoms with Gasteiger partial charge in [-0.15, -0.1) is 0 Å². The van der Waals surface area contributed by atoms with E-state index in [2.05, 4.69) is 0 Å². The fourth-order valence-electron chi connectivity index (χ4n) is 2.12. The van der Waals surface area contributed by atoms with Crippen molar-refractivity contribution in [3.8, 4) is 0 Å². The summed E-state index contributed by atoms with van der Waals surface area (Å²) in [5, 5.41) is 0. The van der Waals surface area contributed by atoms with Crippen LogP contribution in [0.1, 0.15) is 17.1 Å². The molecule has 0 saturated carbocycles. The third-order valence-corrected chi connectivity index (χ3v) is 4.39. The van der Waals surface area contributed by atoms with Gasteiger partial charge in [-0.2, -0.15) is 0 Å². The van der Waals surface area contributed by atoms with Crippen LogP contribution in [0, 0.1) is 13.8 Å². The van der Waals surface area contributed by atoms with Crippen molar-refractivity contribution < 1.29 is 9.21 Å². The van der Waals surface area contributed by atoms with Crippen LogP contribution in [0.2, 0.25) is 0 Å². The first-order chi connectivity index (χ1) is 10.0. The molecule has 1 fully saturated rings. The molecule has 1 amide bonds. The molecule has 0 bridgehead atoms. The van der Waals surface area contributed by atoms with E-state index in [1.54, 1.807) is 11.0 Å². The summed E-state index contributed by atoms with van der Waals surface area (Å²) in [4.78, 5) is 14.7. The van der Waals surface area contributed by atoms with Gasteiger partial charge in [0, 0.05) is 6.08 Å². The highest BCUT2D eigenvalue weighted by atomic mass is 32.2. The molecule has 0 N–H and O–H groups in total. The van der Waals surface area contributed by atoms with Crippen molar-refractivity contribution in [3.63, 3.8) is 0 Å². The van der Waals surface area contributed by atoms with E-state index >= 15 is 0 Å². The molecule has 2 aromatic rings. The second-order valence-electron chi connectivity index (χ2n) is 4.80. The summed E-state index contributed by atoms with van der Waals surface area (Å²) in [6.07, 6.45) is 1.74. The van der Waals surface area contributed by atoms with E-state index in [0.29, 0.717) is 15.0 Å². The lowest BCUT2D eigenvalue weighted by atomic mass is 10.2. The van der Waals surface area contributed by atoms with Crippen LogP contribution < -0.4 is 4.90 Å². The largest absolute Gasteiger partial charge is 0.462 e. The van der Waals surface area contributed by atoms with Crippen molar-refractivity contribution in [2.75, 3.05) is 4.90 Å². The van der Waals surface area contributed by atoms with Crippen LogP contribution in [0.15, 0.2) is 45.7 Å². The zero-order chi connectivity index (χ0) is 15.0. The quantitative estimate of drug-likeness (QED) is 0.611. The smallest absolute Gasteiger partial charge is 0.270 e. The van der Waals surface area contributed by atoms with Crippen molar-refractivity contribution in [2.24, 2.45) is 0 Å². The number of hydrogen-bond donors (Lipinski definition) is 0. The number of anilines is 1. The molecule has 0 spiro atoms. The van der Waals surface area contributed by atoms with Crippen molar-refractivity contribution in [2.45, 2.75) is 13.8 Å². The second-order valence-corrected chi connectivity index (χ2v) is 6.48. The Morgan fingerprint density at radius 2 is 2.05 bits per heavy atom. The first-order valence-electron chi connectivity index (χ1n) is 6.45. The number of nitrogens with zero attached hydrogens (tertiary/aromatic N) is 1. The third-order valence-electron chi connectivity index (χ3n) is 3.09. The van der Waals surface area contributed by atoms with Gasteiger partial charge in [-0.1, -0.05) is 36.1 Å². The van der Waals surface area contributed by atoms with E-state index in [0.717, 1.165) is 17.0 Å². The molecular formula is C16H13NO2S2. The molecule has 5 heteroatoms. The normalized spacial score (nSPS) is 17.0. The summed E-state index contributed by atoms with van der Waals surface area (Å²) in [7, 11) is 0. The molecule has 106 valence electrons. The fourth-order valence-corrected chi connectivity index (χ4v) is 3.40. The Labute approximate surface area is 132 Å². The highest BCUT2D eigenvalue weighted by Crippen LogP contribution is 2.36. The zero-order valence-corrected chi connectivity index (χ0v) is 13.3. The minimum Gasteiger partial charge on any atom is -0.462 e. The van der Waals surface area contributed by atoms with E-state index < -0.39 is 0 Å². The summed E-state index contributed by atoms with van der Waals surface area (Å²) >= 11 is 6.63. The van der Waals surface area contributed by atoms with Crippen LogP contribution in [0.25, 0.3) is 6.08 Å². The molecule has 1 aliphatic rings. The van der Waals surface area contributed by atoms with Gasteiger partial charge in [0.25, 0.3) is 5.91 Å². The van der Waals surface area contributed by atoms with E-state index in [1.165, 1.54) is 11.8 Å². The maximum Gasteiger partial charge on any atom is 0.270 e. The average Bonchev–Trinajstić information content (AvgIpc) is 2.94. The third kappa shape index (κ3) is 2.80. The van der Waals surface area contributed by atoms with Crippen molar-refractivity contribution >= 4 is 46.0 Å². The van der Waals surface area contributed by atoms with Gasteiger partial charge in [0.1, 0.15) is 11.5 Å². The van der Waals surface area contributed by atoms with Gasteiger partial charge < -0.3 is 4.42 Å². The Bertz CT molecular complexity index is 761. The topological polar surface area (TPSA) is 33.5 Å². The molecule has 0 unspecified atom stereocenters. The maximum absolute atomic E-state index is 12.5. The first-order valence-corrected chi connectivity index (χ1v) is 7.68. The molecule has 1 aromatic carbocycles. The molecule has 1 saturated heterocycles. The summed E-state index contributed by atoms with van der Waals surface area (Å²) in [6.45, 7) is 3.86. The van der Waals surface area contributed by atoms with Crippen LogP contribution in [0.3, 0.4) is 0 Å². The summed E-state index contributed by atoms with van der Waals surface area (Å²) in [5.74, 6) is 1.37. The molecule has 21 heavy (non-hydrogen) atoms. The van der Waals surface area contributed by atoms with Gasteiger partial charge >= 0.3 is 0 Å². The van der Waals surface area contributed by atoms with Crippen LogP contribution in [-0.2, 0) is 4.79 Å². The number of furan rings is 1. The fraction of sp³-hybridized carbons (Fsp3) is 0.125. The predicted molar refractivity (Wildman–Crippen MR) is 90.3 cm³/mol.